The average molecular weight is 453 g/mol. The lowest BCUT2D eigenvalue weighted by atomic mass is 9.98. The summed E-state index contributed by atoms with van der Waals surface area (Å²) in [4.78, 5) is 13.1. The van der Waals surface area contributed by atoms with Gasteiger partial charge in [0, 0.05) is 20.5 Å². The Morgan fingerprint density at radius 1 is 0.938 bits per heavy atom. The minimum atomic E-state index is -3.58. The first-order valence-corrected chi connectivity index (χ1v) is 11.8. The number of nitrogens with one attached hydrogen (secondary N) is 1. The molecule has 3 aromatic rings. The maximum absolute atomic E-state index is 12.9. The molecule has 3 rings (SSSR count). The third-order valence-corrected chi connectivity index (χ3v) is 7.03. The third kappa shape index (κ3) is 5.55. The second-order valence-electron chi connectivity index (χ2n) is 7.58. The number of hydrogen-bond acceptors (Lipinski definition) is 4. The van der Waals surface area contributed by atoms with Gasteiger partial charge in [-0.3, -0.25) is 4.79 Å². The molecule has 7 heteroatoms. The van der Waals surface area contributed by atoms with Gasteiger partial charge in [-0.1, -0.05) is 60.7 Å². The Balaban J connectivity index is 1.78. The molecule has 0 aliphatic carbocycles. The molecule has 0 aromatic heterocycles. The standard InChI is InChI=1S/C25H28N2O4S/c1-27(2)32(29,30)22-15-16-23(31-3)21(18-22)14-17-24(28)26-25(19-10-6-4-7-11-19)20-12-8-5-9-13-20/h4-13,15-16,18,25H,14,17H2,1-3H3,(H,26,28). The molecular formula is C25H28N2O4S. The molecule has 0 aliphatic heterocycles. The van der Waals surface area contributed by atoms with E-state index in [4.69, 9.17) is 4.74 Å². The van der Waals surface area contributed by atoms with E-state index in [0.717, 1.165) is 15.4 Å². The molecular weight excluding hydrogens is 424 g/mol. The number of hydrogen-bond donors (Lipinski definition) is 1. The Morgan fingerprint density at radius 3 is 2.00 bits per heavy atom. The monoisotopic (exact) mass is 452 g/mol. The minimum absolute atomic E-state index is 0.134. The van der Waals surface area contributed by atoms with Crippen LogP contribution in [0.3, 0.4) is 0 Å². The Hall–Kier alpha value is -3.16. The Kier molecular flexibility index (Phi) is 7.66. The fourth-order valence-corrected chi connectivity index (χ4v) is 4.41. The molecule has 0 saturated carbocycles. The lowest BCUT2D eigenvalue weighted by Gasteiger charge is -2.20. The van der Waals surface area contributed by atoms with Crippen LogP contribution in [-0.2, 0) is 21.2 Å². The highest BCUT2D eigenvalue weighted by Gasteiger charge is 2.20. The fourth-order valence-electron chi connectivity index (χ4n) is 3.45. The molecule has 0 aliphatic rings. The van der Waals surface area contributed by atoms with Gasteiger partial charge in [-0.05, 0) is 41.3 Å². The van der Waals surface area contributed by atoms with Gasteiger partial charge in [0.25, 0.3) is 0 Å². The van der Waals surface area contributed by atoms with E-state index in [2.05, 4.69) is 5.32 Å². The molecule has 0 radical (unpaired) electrons. The molecule has 0 fully saturated rings. The summed E-state index contributed by atoms with van der Waals surface area (Å²) < 4.78 is 31.5. The van der Waals surface area contributed by atoms with Gasteiger partial charge in [-0.25, -0.2) is 12.7 Å². The van der Waals surface area contributed by atoms with E-state index in [1.165, 1.54) is 27.3 Å². The number of nitrogens with zero attached hydrogens (tertiary/aromatic N) is 1. The molecule has 1 amide bonds. The van der Waals surface area contributed by atoms with Crippen molar-refractivity contribution < 1.29 is 17.9 Å². The summed E-state index contributed by atoms with van der Waals surface area (Å²) in [6.45, 7) is 0. The highest BCUT2D eigenvalue weighted by molar-refractivity contribution is 7.89. The SMILES string of the molecule is COc1ccc(S(=O)(=O)N(C)C)cc1CCC(=O)NC(c1ccccc1)c1ccccc1. The van der Waals surface area contributed by atoms with E-state index in [9.17, 15) is 13.2 Å². The van der Waals surface area contributed by atoms with Crippen LogP contribution in [0, 0.1) is 0 Å². The van der Waals surface area contributed by atoms with E-state index in [1.54, 1.807) is 12.1 Å². The number of carbonyl (C=O) groups is 1. The van der Waals surface area contributed by atoms with Crippen molar-refractivity contribution in [3.05, 3.63) is 95.6 Å². The largest absolute Gasteiger partial charge is 0.496 e. The normalized spacial score (nSPS) is 11.5. The number of carbonyl (C=O) groups excluding carboxylic acids is 1. The summed E-state index contributed by atoms with van der Waals surface area (Å²) in [6.07, 6.45) is 0.542. The predicted molar refractivity (Wildman–Crippen MR) is 125 cm³/mol. The molecule has 0 atom stereocenters. The second-order valence-corrected chi connectivity index (χ2v) is 9.73. The van der Waals surface area contributed by atoms with Crippen LogP contribution < -0.4 is 10.1 Å². The zero-order valence-corrected chi connectivity index (χ0v) is 19.3. The maximum Gasteiger partial charge on any atom is 0.242 e. The van der Waals surface area contributed by atoms with Gasteiger partial charge in [0.2, 0.25) is 15.9 Å². The summed E-state index contributed by atoms with van der Waals surface area (Å²) in [5, 5.41) is 3.11. The van der Waals surface area contributed by atoms with Crippen molar-refractivity contribution in [2.75, 3.05) is 21.2 Å². The van der Waals surface area contributed by atoms with Crippen LogP contribution in [0.5, 0.6) is 5.75 Å². The van der Waals surface area contributed by atoms with Crippen LogP contribution in [0.1, 0.15) is 29.2 Å². The van der Waals surface area contributed by atoms with E-state index < -0.39 is 10.0 Å². The van der Waals surface area contributed by atoms with Crippen LogP contribution in [0.2, 0.25) is 0 Å². The van der Waals surface area contributed by atoms with Crippen molar-refractivity contribution in [3.63, 3.8) is 0 Å². The van der Waals surface area contributed by atoms with E-state index in [0.29, 0.717) is 17.7 Å². The first-order chi connectivity index (χ1) is 15.3. The molecule has 0 saturated heterocycles. The number of aryl methyl sites for hydroxylation is 1. The summed E-state index contributed by atoms with van der Waals surface area (Å²) in [5.41, 5.74) is 2.65. The van der Waals surface area contributed by atoms with Gasteiger partial charge in [0.05, 0.1) is 18.0 Å². The van der Waals surface area contributed by atoms with Crippen molar-refractivity contribution in [1.29, 1.82) is 0 Å². The number of ether oxygens (including phenoxy) is 1. The molecule has 0 bridgehead atoms. The van der Waals surface area contributed by atoms with Crippen molar-refractivity contribution in [2.45, 2.75) is 23.8 Å². The van der Waals surface area contributed by atoms with Crippen molar-refractivity contribution in [2.24, 2.45) is 0 Å². The summed E-state index contributed by atoms with van der Waals surface area (Å²) in [5.74, 6) is 0.420. The zero-order valence-electron chi connectivity index (χ0n) is 18.5. The summed E-state index contributed by atoms with van der Waals surface area (Å²) in [6, 6.07) is 24.0. The molecule has 32 heavy (non-hydrogen) atoms. The summed E-state index contributed by atoms with van der Waals surface area (Å²) in [7, 11) is 0.923. The highest BCUT2D eigenvalue weighted by Crippen LogP contribution is 2.26. The smallest absolute Gasteiger partial charge is 0.242 e. The lowest BCUT2D eigenvalue weighted by molar-refractivity contribution is -0.121. The summed E-state index contributed by atoms with van der Waals surface area (Å²) >= 11 is 0. The van der Waals surface area contributed by atoms with Gasteiger partial charge >= 0.3 is 0 Å². The van der Waals surface area contributed by atoms with Crippen molar-refractivity contribution in [1.82, 2.24) is 9.62 Å². The van der Waals surface area contributed by atoms with Crippen LogP contribution in [0.4, 0.5) is 0 Å². The van der Waals surface area contributed by atoms with Crippen molar-refractivity contribution >= 4 is 15.9 Å². The molecule has 1 N–H and O–H groups in total. The predicted octanol–water partition coefficient (Wildman–Crippen LogP) is 3.78. The average Bonchev–Trinajstić information content (AvgIpc) is 2.82. The number of amides is 1. The number of methoxy groups -OCH3 is 1. The van der Waals surface area contributed by atoms with Crippen LogP contribution in [-0.4, -0.2) is 39.8 Å². The van der Waals surface area contributed by atoms with Crippen LogP contribution in [0.15, 0.2) is 83.8 Å². The highest BCUT2D eigenvalue weighted by atomic mass is 32.2. The zero-order chi connectivity index (χ0) is 23.1. The van der Waals surface area contributed by atoms with Gasteiger partial charge < -0.3 is 10.1 Å². The fraction of sp³-hybridized carbons (Fsp3) is 0.240. The van der Waals surface area contributed by atoms with Crippen molar-refractivity contribution in [3.8, 4) is 5.75 Å². The molecule has 0 heterocycles. The Morgan fingerprint density at radius 2 is 1.50 bits per heavy atom. The molecule has 0 spiro atoms. The number of benzene rings is 3. The molecule has 6 nitrogen and oxygen atoms in total. The van der Waals surface area contributed by atoms with Crippen LogP contribution >= 0.6 is 0 Å². The molecule has 3 aromatic carbocycles. The Labute approximate surface area is 189 Å². The van der Waals surface area contributed by atoms with Crippen LogP contribution in [0.25, 0.3) is 0 Å². The van der Waals surface area contributed by atoms with Gasteiger partial charge in [0.15, 0.2) is 0 Å². The third-order valence-electron chi connectivity index (χ3n) is 5.22. The van der Waals surface area contributed by atoms with Gasteiger partial charge in [-0.2, -0.15) is 0 Å². The maximum atomic E-state index is 12.9. The molecule has 0 unspecified atom stereocenters. The van der Waals surface area contributed by atoms with E-state index >= 15 is 0 Å². The lowest BCUT2D eigenvalue weighted by Crippen LogP contribution is -2.29. The van der Waals surface area contributed by atoms with Gasteiger partial charge in [0.1, 0.15) is 5.75 Å². The van der Waals surface area contributed by atoms with E-state index in [-0.39, 0.29) is 23.3 Å². The minimum Gasteiger partial charge on any atom is -0.496 e. The quantitative estimate of drug-likeness (QED) is 0.536. The number of sulfonamides is 1. The Bertz CT molecular complexity index is 1110. The van der Waals surface area contributed by atoms with E-state index in [1.807, 2.05) is 60.7 Å². The number of rotatable bonds is 9. The molecule has 168 valence electrons. The first kappa shape index (κ1) is 23.5. The second kappa shape index (κ2) is 10.4. The first-order valence-electron chi connectivity index (χ1n) is 10.3. The van der Waals surface area contributed by atoms with Gasteiger partial charge in [-0.15, -0.1) is 0 Å². The topological polar surface area (TPSA) is 75.7 Å².